The second-order valence-electron chi connectivity index (χ2n) is 5.26. The monoisotopic (exact) mass is 239 g/mol. The number of aliphatic hydroxyl groups excluding tert-OH is 1. The molecule has 0 spiro atoms. The normalized spacial score (nSPS) is 13.6. The Balaban J connectivity index is 2.76. The second-order valence-corrected chi connectivity index (χ2v) is 5.26. The van der Waals surface area contributed by atoms with Gasteiger partial charge < -0.3 is 20.6 Å². The van der Waals surface area contributed by atoms with Crippen molar-refractivity contribution in [2.75, 3.05) is 13.2 Å². The molecule has 0 aliphatic rings. The summed E-state index contributed by atoms with van der Waals surface area (Å²) in [6.07, 6.45) is 0. The van der Waals surface area contributed by atoms with Crippen molar-refractivity contribution in [3.8, 4) is 11.5 Å². The first-order valence-corrected chi connectivity index (χ1v) is 5.71. The van der Waals surface area contributed by atoms with Crippen molar-refractivity contribution in [2.24, 2.45) is 0 Å². The lowest BCUT2D eigenvalue weighted by molar-refractivity contribution is 0.252. The first kappa shape index (κ1) is 13.8. The summed E-state index contributed by atoms with van der Waals surface area (Å²) in [6.45, 7) is 6.76. The van der Waals surface area contributed by atoms with Crippen molar-refractivity contribution in [3.05, 3.63) is 23.8 Å². The van der Waals surface area contributed by atoms with Gasteiger partial charge in [0.2, 0.25) is 0 Å². The van der Waals surface area contributed by atoms with E-state index in [0.717, 1.165) is 5.56 Å². The van der Waals surface area contributed by atoms with Crippen LogP contribution in [-0.2, 0) is 0 Å². The fourth-order valence-corrected chi connectivity index (χ4v) is 1.51. The Morgan fingerprint density at radius 2 is 1.82 bits per heavy atom. The van der Waals surface area contributed by atoms with Crippen LogP contribution in [-0.4, -0.2) is 34.0 Å². The number of aliphatic hydroxyl groups is 1. The lowest BCUT2D eigenvalue weighted by atomic mass is 9.98. The molecule has 0 aliphatic heterocycles. The van der Waals surface area contributed by atoms with E-state index in [1.165, 1.54) is 12.1 Å². The lowest BCUT2D eigenvalue weighted by Gasteiger charge is -2.24. The standard InChI is InChI=1S/C13H21NO3/c1-13(2,3)14-7-10(8-15)9-4-5-11(16)12(17)6-9/h4-6,10,14-17H,7-8H2,1-3H3. The zero-order valence-electron chi connectivity index (χ0n) is 10.6. The summed E-state index contributed by atoms with van der Waals surface area (Å²) in [7, 11) is 0. The van der Waals surface area contributed by atoms with Crippen LogP contribution in [0.25, 0.3) is 0 Å². The molecule has 4 nitrogen and oxygen atoms in total. The Morgan fingerprint density at radius 3 is 2.29 bits per heavy atom. The van der Waals surface area contributed by atoms with Gasteiger partial charge in [0.05, 0.1) is 6.61 Å². The van der Waals surface area contributed by atoms with Gasteiger partial charge in [0, 0.05) is 18.0 Å². The average Bonchev–Trinajstić information content (AvgIpc) is 2.22. The summed E-state index contributed by atoms with van der Waals surface area (Å²) in [6, 6.07) is 4.63. The molecule has 1 aromatic carbocycles. The minimum Gasteiger partial charge on any atom is -0.504 e. The highest BCUT2D eigenvalue weighted by atomic mass is 16.3. The van der Waals surface area contributed by atoms with Crippen molar-refractivity contribution in [1.29, 1.82) is 0 Å². The molecule has 1 unspecified atom stereocenters. The third-order valence-corrected chi connectivity index (χ3v) is 2.57. The quantitative estimate of drug-likeness (QED) is 0.602. The molecule has 1 rings (SSSR count). The van der Waals surface area contributed by atoms with Crippen molar-refractivity contribution >= 4 is 0 Å². The maximum absolute atomic E-state index is 9.42. The Morgan fingerprint density at radius 1 is 1.18 bits per heavy atom. The molecule has 17 heavy (non-hydrogen) atoms. The molecule has 0 heterocycles. The van der Waals surface area contributed by atoms with Crippen molar-refractivity contribution in [3.63, 3.8) is 0 Å². The number of phenolic OH excluding ortho intramolecular Hbond substituents is 2. The number of nitrogens with one attached hydrogen (secondary N) is 1. The highest BCUT2D eigenvalue weighted by molar-refractivity contribution is 5.41. The number of aromatic hydroxyl groups is 2. The van der Waals surface area contributed by atoms with E-state index in [1.54, 1.807) is 6.07 Å². The molecule has 96 valence electrons. The molecular weight excluding hydrogens is 218 g/mol. The average molecular weight is 239 g/mol. The molecule has 0 saturated carbocycles. The number of rotatable bonds is 4. The number of hydrogen-bond acceptors (Lipinski definition) is 4. The SMILES string of the molecule is CC(C)(C)NCC(CO)c1ccc(O)c(O)c1. The first-order chi connectivity index (χ1) is 7.83. The molecule has 0 saturated heterocycles. The second kappa shape index (κ2) is 5.38. The van der Waals surface area contributed by atoms with Gasteiger partial charge in [-0.1, -0.05) is 6.07 Å². The molecule has 0 aromatic heterocycles. The Hall–Kier alpha value is -1.26. The zero-order chi connectivity index (χ0) is 13.1. The van der Waals surface area contributed by atoms with Crippen LogP contribution in [0, 0.1) is 0 Å². The predicted octanol–water partition coefficient (Wildman–Crippen LogP) is 1.56. The molecule has 0 radical (unpaired) electrons. The van der Waals surface area contributed by atoms with Crippen LogP contribution in [0.2, 0.25) is 0 Å². The Bertz CT molecular complexity index is 371. The topological polar surface area (TPSA) is 72.7 Å². The largest absolute Gasteiger partial charge is 0.504 e. The summed E-state index contributed by atoms with van der Waals surface area (Å²) in [5.41, 5.74) is 0.784. The van der Waals surface area contributed by atoms with E-state index in [1.807, 2.05) is 0 Å². The third kappa shape index (κ3) is 4.24. The van der Waals surface area contributed by atoms with Crippen LogP contribution in [0.5, 0.6) is 11.5 Å². The van der Waals surface area contributed by atoms with Crippen LogP contribution in [0.4, 0.5) is 0 Å². The molecule has 0 aliphatic carbocycles. The van der Waals surface area contributed by atoms with Gasteiger partial charge in [-0.25, -0.2) is 0 Å². The van der Waals surface area contributed by atoms with Gasteiger partial charge >= 0.3 is 0 Å². The molecule has 0 amide bonds. The van der Waals surface area contributed by atoms with E-state index < -0.39 is 0 Å². The fraction of sp³-hybridized carbons (Fsp3) is 0.538. The van der Waals surface area contributed by atoms with Gasteiger partial charge in [0.15, 0.2) is 11.5 Å². The van der Waals surface area contributed by atoms with Crippen molar-refractivity contribution < 1.29 is 15.3 Å². The molecule has 0 bridgehead atoms. The highest BCUT2D eigenvalue weighted by Gasteiger charge is 2.16. The Kier molecular flexibility index (Phi) is 4.37. The van der Waals surface area contributed by atoms with E-state index >= 15 is 0 Å². The molecule has 0 fully saturated rings. The lowest BCUT2D eigenvalue weighted by Crippen LogP contribution is -2.39. The number of hydrogen-bond donors (Lipinski definition) is 4. The number of benzene rings is 1. The summed E-state index contributed by atoms with van der Waals surface area (Å²) in [5.74, 6) is -0.397. The van der Waals surface area contributed by atoms with Gasteiger partial charge in [0.25, 0.3) is 0 Å². The zero-order valence-corrected chi connectivity index (χ0v) is 10.6. The van der Waals surface area contributed by atoms with Crippen LogP contribution in [0.3, 0.4) is 0 Å². The van der Waals surface area contributed by atoms with Gasteiger partial charge in [0.1, 0.15) is 0 Å². The first-order valence-electron chi connectivity index (χ1n) is 5.71. The van der Waals surface area contributed by atoms with E-state index in [4.69, 9.17) is 0 Å². The predicted molar refractivity (Wildman–Crippen MR) is 67.4 cm³/mol. The minimum atomic E-state index is -0.156. The minimum absolute atomic E-state index is 0.00665. The van der Waals surface area contributed by atoms with Gasteiger partial charge in [-0.2, -0.15) is 0 Å². The van der Waals surface area contributed by atoms with E-state index in [0.29, 0.717) is 6.54 Å². The molecule has 4 heteroatoms. The van der Waals surface area contributed by atoms with Gasteiger partial charge in [-0.15, -0.1) is 0 Å². The molecule has 4 N–H and O–H groups in total. The van der Waals surface area contributed by atoms with E-state index in [9.17, 15) is 15.3 Å². The molecule has 1 aromatic rings. The summed E-state index contributed by atoms with van der Waals surface area (Å²) in [4.78, 5) is 0. The third-order valence-electron chi connectivity index (χ3n) is 2.57. The summed E-state index contributed by atoms with van der Waals surface area (Å²) in [5, 5.41) is 31.3. The van der Waals surface area contributed by atoms with Crippen LogP contribution < -0.4 is 5.32 Å². The van der Waals surface area contributed by atoms with Gasteiger partial charge in [-0.3, -0.25) is 0 Å². The summed E-state index contributed by atoms with van der Waals surface area (Å²) >= 11 is 0. The van der Waals surface area contributed by atoms with Crippen LogP contribution in [0.15, 0.2) is 18.2 Å². The smallest absolute Gasteiger partial charge is 0.157 e. The maximum atomic E-state index is 9.42. The summed E-state index contributed by atoms with van der Waals surface area (Å²) < 4.78 is 0. The highest BCUT2D eigenvalue weighted by Crippen LogP contribution is 2.28. The van der Waals surface area contributed by atoms with Crippen LogP contribution >= 0.6 is 0 Å². The van der Waals surface area contributed by atoms with E-state index in [2.05, 4.69) is 26.1 Å². The Labute approximate surface area is 102 Å². The molecular formula is C13H21NO3. The van der Waals surface area contributed by atoms with Crippen LogP contribution in [0.1, 0.15) is 32.3 Å². The maximum Gasteiger partial charge on any atom is 0.157 e. The van der Waals surface area contributed by atoms with Gasteiger partial charge in [-0.05, 0) is 38.5 Å². The molecule has 1 atom stereocenters. The number of phenols is 2. The van der Waals surface area contributed by atoms with Crippen molar-refractivity contribution in [1.82, 2.24) is 5.32 Å². The van der Waals surface area contributed by atoms with E-state index in [-0.39, 0.29) is 29.6 Å². The van der Waals surface area contributed by atoms with Crippen molar-refractivity contribution in [2.45, 2.75) is 32.2 Å². The fourth-order valence-electron chi connectivity index (χ4n) is 1.51.